The van der Waals surface area contributed by atoms with E-state index in [-0.39, 0.29) is 5.91 Å². The second-order valence-corrected chi connectivity index (χ2v) is 4.79. The number of benzene rings is 1. The Labute approximate surface area is 108 Å². The standard InChI is InChI=1S/C14H20N2O2/c15-12-5-7-13(8-6-12)16-14(17)2-1-9-18-10-11-3-4-11/h5-8,11H,1-4,9-10,15H2,(H,16,17). The minimum atomic E-state index is 0.0230. The van der Waals surface area contributed by atoms with Crippen LogP contribution < -0.4 is 11.1 Å². The maximum absolute atomic E-state index is 11.6. The molecule has 4 nitrogen and oxygen atoms in total. The van der Waals surface area contributed by atoms with Crippen LogP contribution in [0.3, 0.4) is 0 Å². The van der Waals surface area contributed by atoms with Gasteiger partial charge in [-0.2, -0.15) is 0 Å². The van der Waals surface area contributed by atoms with Gasteiger partial charge in [-0.15, -0.1) is 0 Å². The zero-order valence-electron chi connectivity index (χ0n) is 10.5. The van der Waals surface area contributed by atoms with Gasteiger partial charge in [0, 0.05) is 31.0 Å². The molecule has 18 heavy (non-hydrogen) atoms. The maximum atomic E-state index is 11.6. The van der Waals surface area contributed by atoms with Crippen molar-refractivity contribution in [3.63, 3.8) is 0 Å². The number of nitrogens with two attached hydrogens (primary N) is 1. The molecule has 2 rings (SSSR count). The molecule has 1 saturated carbocycles. The summed E-state index contributed by atoms with van der Waals surface area (Å²) in [6.45, 7) is 1.53. The number of nitrogens with one attached hydrogen (secondary N) is 1. The van der Waals surface area contributed by atoms with Crippen molar-refractivity contribution in [1.29, 1.82) is 0 Å². The van der Waals surface area contributed by atoms with Gasteiger partial charge >= 0.3 is 0 Å². The predicted octanol–water partition coefficient (Wildman–Crippen LogP) is 2.41. The average molecular weight is 248 g/mol. The van der Waals surface area contributed by atoms with Gasteiger partial charge in [-0.3, -0.25) is 4.79 Å². The Morgan fingerprint density at radius 3 is 2.72 bits per heavy atom. The van der Waals surface area contributed by atoms with E-state index in [0.29, 0.717) is 18.7 Å². The summed E-state index contributed by atoms with van der Waals surface area (Å²) in [5.41, 5.74) is 7.05. The number of hydrogen-bond acceptors (Lipinski definition) is 3. The van der Waals surface area contributed by atoms with Crippen molar-refractivity contribution < 1.29 is 9.53 Å². The molecule has 0 aromatic heterocycles. The third kappa shape index (κ3) is 4.75. The van der Waals surface area contributed by atoms with Crippen molar-refractivity contribution in [2.45, 2.75) is 25.7 Å². The normalized spacial score (nSPS) is 14.4. The molecule has 0 spiro atoms. The van der Waals surface area contributed by atoms with Crippen LogP contribution in [0.25, 0.3) is 0 Å². The number of carbonyl (C=O) groups excluding carboxylic acids is 1. The average Bonchev–Trinajstić information content (AvgIpc) is 3.16. The molecule has 0 saturated heterocycles. The Morgan fingerprint density at radius 2 is 2.06 bits per heavy atom. The lowest BCUT2D eigenvalue weighted by atomic mass is 10.2. The molecule has 1 aliphatic rings. The molecule has 0 atom stereocenters. The van der Waals surface area contributed by atoms with Gasteiger partial charge in [0.2, 0.25) is 5.91 Å². The summed E-state index contributed by atoms with van der Waals surface area (Å²) < 4.78 is 5.48. The molecule has 0 unspecified atom stereocenters. The minimum absolute atomic E-state index is 0.0230. The smallest absolute Gasteiger partial charge is 0.224 e. The molecule has 0 radical (unpaired) electrons. The fourth-order valence-electron chi connectivity index (χ4n) is 1.66. The van der Waals surface area contributed by atoms with E-state index in [9.17, 15) is 4.79 Å². The first-order valence-electron chi connectivity index (χ1n) is 6.47. The van der Waals surface area contributed by atoms with Gasteiger partial charge in [-0.05, 0) is 49.4 Å². The van der Waals surface area contributed by atoms with Crippen LogP contribution in [0.15, 0.2) is 24.3 Å². The van der Waals surface area contributed by atoms with Crippen LogP contribution in [0, 0.1) is 5.92 Å². The first-order valence-corrected chi connectivity index (χ1v) is 6.47. The summed E-state index contributed by atoms with van der Waals surface area (Å²) in [7, 11) is 0. The van der Waals surface area contributed by atoms with E-state index >= 15 is 0 Å². The molecule has 98 valence electrons. The summed E-state index contributed by atoms with van der Waals surface area (Å²) in [6, 6.07) is 7.15. The zero-order chi connectivity index (χ0) is 12.8. The fourth-order valence-corrected chi connectivity index (χ4v) is 1.66. The topological polar surface area (TPSA) is 64.3 Å². The lowest BCUT2D eigenvalue weighted by molar-refractivity contribution is -0.116. The Bertz CT molecular complexity index is 385. The van der Waals surface area contributed by atoms with Crippen molar-refractivity contribution in [2.75, 3.05) is 24.3 Å². The van der Waals surface area contributed by atoms with Crippen LogP contribution in [0.2, 0.25) is 0 Å². The lowest BCUT2D eigenvalue weighted by Crippen LogP contribution is -2.12. The van der Waals surface area contributed by atoms with Crippen molar-refractivity contribution in [1.82, 2.24) is 0 Å². The highest BCUT2D eigenvalue weighted by molar-refractivity contribution is 5.90. The van der Waals surface area contributed by atoms with Crippen LogP contribution in [0.5, 0.6) is 0 Å². The number of carbonyl (C=O) groups is 1. The molecule has 0 bridgehead atoms. The Balaban J connectivity index is 1.57. The highest BCUT2D eigenvalue weighted by Crippen LogP contribution is 2.28. The van der Waals surface area contributed by atoms with Gasteiger partial charge in [0.25, 0.3) is 0 Å². The van der Waals surface area contributed by atoms with Crippen molar-refractivity contribution >= 4 is 17.3 Å². The van der Waals surface area contributed by atoms with Crippen molar-refractivity contribution in [2.24, 2.45) is 5.92 Å². The number of hydrogen-bond donors (Lipinski definition) is 2. The van der Waals surface area contributed by atoms with E-state index in [4.69, 9.17) is 10.5 Å². The number of ether oxygens (including phenoxy) is 1. The molecule has 3 N–H and O–H groups in total. The first-order chi connectivity index (χ1) is 8.74. The molecular weight excluding hydrogens is 228 g/mol. The van der Waals surface area contributed by atoms with Gasteiger partial charge in [0.1, 0.15) is 0 Å². The molecule has 1 aromatic carbocycles. The Kier molecular flexibility index (Phi) is 4.59. The van der Waals surface area contributed by atoms with Gasteiger partial charge in [-0.25, -0.2) is 0 Å². The fraction of sp³-hybridized carbons (Fsp3) is 0.500. The quantitative estimate of drug-likeness (QED) is 0.575. The summed E-state index contributed by atoms with van der Waals surface area (Å²) in [6.07, 6.45) is 3.87. The molecule has 1 amide bonds. The molecule has 1 aliphatic carbocycles. The van der Waals surface area contributed by atoms with E-state index in [0.717, 1.165) is 24.6 Å². The molecule has 1 fully saturated rings. The molecular formula is C14H20N2O2. The Hall–Kier alpha value is -1.55. The molecule has 0 heterocycles. The lowest BCUT2D eigenvalue weighted by Gasteiger charge is -2.06. The SMILES string of the molecule is Nc1ccc(NC(=O)CCCOCC2CC2)cc1. The highest BCUT2D eigenvalue weighted by Gasteiger charge is 2.20. The van der Waals surface area contributed by atoms with Gasteiger partial charge in [-0.1, -0.05) is 0 Å². The number of anilines is 2. The number of nitrogen functional groups attached to an aromatic ring is 1. The van der Waals surface area contributed by atoms with Crippen LogP contribution in [0.1, 0.15) is 25.7 Å². The van der Waals surface area contributed by atoms with E-state index in [1.165, 1.54) is 12.8 Å². The second kappa shape index (κ2) is 6.40. The minimum Gasteiger partial charge on any atom is -0.399 e. The third-order valence-electron chi connectivity index (χ3n) is 2.94. The second-order valence-electron chi connectivity index (χ2n) is 4.79. The zero-order valence-corrected chi connectivity index (χ0v) is 10.5. The number of amides is 1. The predicted molar refractivity (Wildman–Crippen MR) is 72.3 cm³/mol. The first kappa shape index (κ1) is 12.9. The van der Waals surface area contributed by atoms with E-state index < -0.39 is 0 Å². The molecule has 4 heteroatoms. The van der Waals surface area contributed by atoms with Crippen molar-refractivity contribution in [3.05, 3.63) is 24.3 Å². The Morgan fingerprint density at radius 1 is 1.33 bits per heavy atom. The summed E-state index contributed by atoms with van der Waals surface area (Å²) in [4.78, 5) is 11.6. The highest BCUT2D eigenvalue weighted by atomic mass is 16.5. The summed E-state index contributed by atoms with van der Waals surface area (Å²) in [5, 5.41) is 2.83. The van der Waals surface area contributed by atoms with E-state index in [1.54, 1.807) is 24.3 Å². The van der Waals surface area contributed by atoms with E-state index in [2.05, 4.69) is 5.32 Å². The van der Waals surface area contributed by atoms with E-state index in [1.807, 2.05) is 0 Å². The summed E-state index contributed by atoms with van der Waals surface area (Å²) >= 11 is 0. The van der Waals surface area contributed by atoms with Gasteiger partial charge in [0.05, 0.1) is 0 Å². The molecule has 1 aromatic rings. The van der Waals surface area contributed by atoms with Crippen LogP contribution in [-0.4, -0.2) is 19.1 Å². The summed E-state index contributed by atoms with van der Waals surface area (Å²) in [5.74, 6) is 0.809. The monoisotopic (exact) mass is 248 g/mol. The molecule has 0 aliphatic heterocycles. The largest absolute Gasteiger partial charge is 0.399 e. The van der Waals surface area contributed by atoms with Gasteiger partial charge in [0.15, 0.2) is 0 Å². The van der Waals surface area contributed by atoms with Crippen LogP contribution in [0.4, 0.5) is 11.4 Å². The van der Waals surface area contributed by atoms with Crippen LogP contribution in [-0.2, 0) is 9.53 Å². The van der Waals surface area contributed by atoms with Crippen LogP contribution >= 0.6 is 0 Å². The third-order valence-corrected chi connectivity index (χ3v) is 2.94. The maximum Gasteiger partial charge on any atom is 0.224 e. The van der Waals surface area contributed by atoms with Gasteiger partial charge < -0.3 is 15.8 Å². The van der Waals surface area contributed by atoms with Crippen molar-refractivity contribution in [3.8, 4) is 0 Å². The number of rotatable bonds is 7.